The van der Waals surface area contributed by atoms with Crippen LogP contribution in [0.3, 0.4) is 0 Å². The fraction of sp³-hybridized carbons (Fsp3) is 0.0741. The van der Waals surface area contributed by atoms with E-state index in [1.165, 1.54) is 29.9 Å². The van der Waals surface area contributed by atoms with Crippen molar-refractivity contribution in [3.63, 3.8) is 0 Å². The van der Waals surface area contributed by atoms with Crippen LogP contribution in [-0.4, -0.2) is 15.0 Å². The van der Waals surface area contributed by atoms with Crippen LogP contribution in [0.4, 0.5) is 0 Å². The number of aromatic nitrogens is 3. The highest BCUT2D eigenvalue weighted by Crippen LogP contribution is 2.35. The first-order chi connectivity index (χ1) is 15.7. The number of hydrogen-bond acceptors (Lipinski definition) is 5. The molecule has 0 atom stereocenters. The molecule has 0 aliphatic carbocycles. The second kappa shape index (κ2) is 7.62. The van der Waals surface area contributed by atoms with Crippen molar-refractivity contribution in [1.82, 2.24) is 15.0 Å². The Hall–Kier alpha value is -3.41. The lowest BCUT2D eigenvalue weighted by Gasteiger charge is -2.02. The summed E-state index contributed by atoms with van der Waals surface area (Å²) in [7, 11) is 0. The Morgan fingerprint density at radius 1 is 0.625 bits per heavy atom. The van der Waals surface area contributed by atoms with Gasteiger partial charge in [-0.15, -0.1) is 22.7 Å². The smallest absolute Gasteiger partial charge is 0.0730 e. The summed E-state index contributed by atoms with van der Waals surface area (Å²) < 4.78 is 4.84. The van der Waals surface area contributed by atoms with Crippen molar-refractivity contribution in [2.24, 2.45) is 0 Å². The molecular formula is C27H19N3S2. The fourth-order valence-corrected chi connectivity index (χ4v) is 6.07. The van der Waals surface area contributed by atoms with E-state index in [4.69, 9.17) is 9.97 Å². The Morgan fingerprint density at radius 2 is 1.28 bits per heavy atom. The summed E-state index contributed by atoms with van der Waals surface area (Å²) in [5.41, 5.74) is 8.67. The Labute approximate surface area is 194 Å². The third kappa shape index (κ3) is 3.30. The first-order valence-electron chi connectivity index (χ1n) is 10.4. The molecule has 4 aromatic heterocycles. The van der Waals surface area contributed by atoms with Gasteiger partial charge in [0.2, 0.25) is 0 Å². The average molecular weight is 450 g/mol. The van der Waals surface area contributed by atoms with E-state index >= 15 is 0 Å². The standard InChI is InChI=1S/C27H19N3S2/c1-16-21-5-3-19(29-21)15-20-4-8-26(31-20)27(18-11-13-28-14-12-18)23-7-6-22(30-23)17(2)25-10-9-24(16)32-25/h3-15H,1-2H3. The fourth-order valence-electron chi connectivity index (χ4n) is 4.02. The molecule has 0 saturated carbocycles. The molecule has 6 heterocycles. The van der Waals surface area contributed by atoms with Crippen LogP contribution in [0.1, 0.15) is 33.9 Å². The summed E-state index contributed by atoms with van der Waals surface area (Å²) in [5.74, 6) is 0. The molecule has 0 spiro atoms. The number of aryl methyl sites for hydroxylation is 2. The Kier molecular flexibility index (Phi) is 4.59. The van der Waals surface area contributed by atoms with Crippen molar-refractivity contribution in [1.29, 1.82) is 0 Å². The van der Waals surface area contributed by atoms with Crippen molar-refractivity contribution < 1.29 is 0 Å². The van der Waals surface area contributed by atoms with E-state index in [1.807, 2.05) is 12.4 Å². The molecule has 0 unspecified atom stereocenters. The van der Waals surface area contributed by atoms with Gasteiger partial charge in [-0.25, -0.2) is 9.97 Å². The van der Waals surface area contributed by atoms with E-state index in [9.17, 15) is 0 Å². The average Bonchev–Trinajstić information content (AvgIpc) is 3.61. The van der Waals surface area contributed by atoms with Crippen LogP contribution < -0.4 is 0 Å². The van der Waals surface area contributed by atoms with E-state index in [2.05, 4.69) is 85.6 Å². The lowest BCUT2D eigenvalue weighted by molar-refractivity contribution is 1.28. The second-order valence-electron chi connectivity index (χ2n) is 7.84. The predicted molar refractivity (Wildman–Crippen MR) is 139 cm³/mol. The Bertz CT molecular complexity index is 1590. The molecule has 6 rings (SSSR count). The van der Waals surface area contributed by atoms with E-state index in [-0.39, 0.29) is 0 Å². The van der Waals surface area contributed by atoms with Crippen molar-refractivity contribution in [3.8, 4) is 11.1 Å². The van der Waals surface area contributed by atoms with Gasteiger partial charge in [0.05, 0.1) is 22.8 Å². The van der Waals surface area contributed by atoms with Gasteiger partial charge in [-0.05, 0) is 97.3 Å². The number of hydrogen-bond donors (Lipinski definition) is 0. The molecule has 4 aromatic rings. The minimum Gasteiger partial charge on any atom is -0.265 e. The van der Waals surface area contributed by atoms with Crippen LogP contribution in [0.2, 0.25) is 0 Å². The zero-order valence-electron chi connectivity index (χ0n) is 17.7. The third-order valence-electron chi connectivity index (χ3n) is 5.80. The monoisotopic (exact) mass is 449 g/mol. The molecule has 0 aromatic carbocycles. The summed E-state index contributed by atoms with van der Waals surface area (Å²) in [4.78, 5) is 14.2. The van der Waals surface area contributed by atoms with E-state index in [0.29, 0.717) is 0 Å². The second-order valence-corrected chi connectivity index (χ2v) is 10.0. The van der Waals surface area contributed by atoms with Crippen molar-refractivity contribution in [2.45, 2.75) is 13.8 Å². The molecule has 0 fully saturated rings. The van der Waals surface area contributed by atoms with Crippen LogP contribution >= 0.6 is 22.7 Å². The van der Waals surface area contributed by atoms with Gasteiger partial charge < -0.3 is 0 Å². The van der Waals surface area contributed by atoms with E-state index in [0.717, 1.165) is 33.9 Å². The topological polar surface area (TPSA) is 38.7 Å². The van der Waals surface area contributed by atoms with Gasteiger partial charge in [-0.1, -0.05) is 0 Å². The third-order valence-corrected chi connectivity index (χ3v) is 8.18. The first-order valence-corrected chi connectivity index (χ1v) is 12.1. The molecule has 32 heavy (non-hydrogen) atoms. The lowest BCUT2D eigenvalue weighted by Crippen LogP contribution is -1.85. The van der Waals surface area contributed by atoms with Gasteiger partial charge in [0, 0.05) is 36.8 Å². The normalized spacial score (nSPS) is 12.4. The maximum Gasteiger partial charge on any atom is 0.0730 e. The van der Waals surface area contributed by atoms with Crippen LogP contribution in [-0.2, 0) is 0 Å². The summed E-state index contributed by atoms with van der Waals surface area (Å²) in [6, 6.07) is 15.0. The Morgan fingerprint density at radius 3 is 2.06 bits per heavy atom. The summed E-state index contributed by atoms with van der Waals surface area (Å²) in [6.07, 6.45) is 12.1. The number of thiophene rings is 2. The highest BCUT2D eigenvalue weighted by Gasteiger charge is 2.13. The summed E-state index contributed by atoms with van der Waals surface area (Å²) in [5, 5.41) is 0. The molecule has 2 aliphatic rings. The van der Waals surface area contributed by atoms with Gasteiger partial charge in [0.15, 0.2) is 0 Å². The Balaban J connectivity index is 1.77. The number of rotatable bonds is 1. The largest absolute Gasteiger partial charge is 0.265 e. The lowest BCUT2D eigenvalue weighted by atomic mass is 10.1. The highest BCUT2D eigenvalue weighted by molar-refractivity contribution is 7.24. The molecule has 8 bridgehead atoms. The van der Waals surface area contributed by atoms with Crippen LogP contribution in [0.5, 0.6) is 0 Å². The molecular weight excluding hydrogens is 430 g/mol. The molecule has 5 heteroatoms. The highest BCUT2D eigenvalue weighted by atomic mass is 32.1. The van der Waals surface area contributed by atoms with Gasteiger partial charge in [-0.3, -0.25) is 4.98 Å². The first kappa shape index (κ1) is 19.3. The van der Waals surface area contributed by atoms with Crippen LogP contribution in [0.15, 0.2) is 54.9 Å². The molecule has 154 valence electrons. The maximum absolute atomic E-state index is 5.07. The van der Waals surface area contributed by atoms with Crippen molar-refractivity contribution in [3.05, 3.63) is 88.8 Å². The maximum atomic E-state index is 5.07. The number of fused-ring (bicyclic) bond motifs is 8. The van der Waals surface area contributed by atoms with E-state index < -0.39 is 0 Å². The van der Waals surface area contributed by atoms with E-state index in [1.54, 1.807) is 22.7 Å². The number of pyridine rings is 1. The van der Waals surface area contributed by atoms with Gasteiger partial charge in [0.25, 0.3) is 0 Å². The van der Waals surface area contributed by atoms with Gasteiger partial charge >= 0.3 is 0 Å². The van der Waals surface area contributed by atoms with Crippen molar-refractivity contribution in [2.75, 3.05) is 0 Å². The molecule has 0 radical (unpaired) electrons. The minimum absolute atomic E-state index is 0.985. The van der Waals surface area contributed by atoms with Crippen LogP contribution in [0.25, 0.3) is 54.2 Å². The molecule has 2 aliphatic heterocycles. The molecule has 0 saturated heterocycles. The quantitative estimate of drug-likeness (QED) is 0.257. The molecule has 0 amide bonds. The minimum atomic E-state index is 0.985. The number of nitrogens with zero attached hydrogens (tertiary/aromatic N) is 3. The molecule has 0 N–H and O–H groups in total. The summed E-state index contributed by atoms with van der Waals surface area (Å²) in [6.45, 7) is 4.31. The summed E-state index contributed by atoms with van der Waals surface area (Å²) >= 11 is 3.56. The predicted octanol–water partition coefficient (Wildman–Crippen LogP) is 7.80. The van der Waals surface area contributed by atoms with Gasteiger partial charge in [0.1, 0.15) is 0 Å². The zero-order chi connectivity index (χ0) is 21.7. The van der Waals surface area contributed by atoms with Gasteiger partial charge in [-0.2, -0.15) is 0 Å². The zero-order valence-corrected chi connectivity index (χ0v) is 19.3. The van der Waals surface area contributed by atoms with Crippen LogP contribution in [0, 0.1) is 13.8 Å². The molecule has 3 nitrogen and oxygen atoms in total. The SMILES string of the molecule is Cc1c2nc(cc3ccc(s3)c(-c3ccncc3)c3nc(c(C)c4ccc1s4)C=C3)C=C2. The van der Waals surface area contributed by atoms with Crippen molar-refractivity contribution >= 4 is 65.8 Å².